The average molecular weight is 231 g/mol. The zero-order valence-electron chi connectivity index (χ0n) is 9.73. The number of nitrogens with one attached hydrogen (secondary N) is 1. The van der Waals surface area contributed by atoms with Crippen LogP contribution in [0.25, 0.3) is 0 Å². The van der Waals surface area contributed by atoms with Gasteiger partial charge in [0.25, 0.3) is 0 Å². The van der Waals surface area contributed by atoms with Crippen LogP contribution in [0.15, 0.2) is 49.6 Å². The van der Waals surface area contributed by atoms with Gasteiger partial charge in [-0.2, -0.15) is 0 Å². The molecule has 0 spiro atoms. The molecule has 0 radical (unpaired) electrons. The highest BCUT2D eigenvalue weighted by Crippen LogP contribution is 2.17. The first-order valence-corrected chi connectivity index (χ1v) is 5.30. The first kappa shape index (κ1) is 12.8. The number of carbonyl (C=O) groups is 1. The highest BCUT2D eigenvalue weighted by molar-refractivity contribution is 5.87. The summed E-state index contributed by atoms with van der Waals surface area (Å²) in [7, 11) is 0. The number of rotatable bonds is 6. The fourth-order valence-corrected chi connectivity index (χ4v) is 1.49. The molecule has 0 aliphatic carbocycles. The molecular formula is C13H17N3O. The zero-order chi connectivity index (χ0) is 12.7. The summed E-state index contributed by atoms with van der Waals surface area (Å²) in [5.74, 6) is 0. The number of carbonyl (C=O) groups excluding carboxylic acids is 1. The van der Waals surface area contributed by atoms with Gasteiger partial charge in [0.2, 0.25) is 0 Å². The lowest BCUT2D eigenvalue weighted by Crippen LogP contribution is -2.23. The van der Waals surface area contributed by atoms with E-state index >= 15 is 0 Å². The second-order valence-electron chi connectivity index (χ2n) is 3.52. The summed E-state index contributed by atoms with van der Waals surface area (Å²) in [5.41, 5.74) is 6.75. The molecule has 1 aromatic rings. The van der Waals surface area contributed by atoms with Gasteiger partial charge in [-0.15, -0.1) is 13.2 Å². The molecule has 4 nitrogen and oxygen atoms in total. The van der Waals surface area contributed by atoms with Crippen molar-refractivity contribution in [3.8, 4) is 0 Å². The van der Waals surface area contributed by atoms with Gasteiger partial charge in [0, 0.05) is 24.5 Å². The molecule has 0 heterocycles. The van der Waals surface area contributed by atoms with Gasteiger partial charge in [0.05, 0.1) is 0 Å². The lowest BCUT2D eigenvalue weighted by atomic mass is 10.2. The van der Waals surface area contributed by atoms with Crippen molar-refractivity contribution in [2.45, 2.75) is 0 Å². The Morgan fingerprint density at radius 1 is 1.24 bits per heavy atom. The third-order valence-corrected chi connectivity index (χ3v) is 2.20. The van der Waals surface area contributed by atoms with Crippen LogP contribution in [-0.4, -0.2) is 19.1 Å². The van der Waals surface area contributed by atoms with Crippen LogP contribution in [0.3, 0.4) is 0 Å². The number of nitrogens with two attached hydrogens (primary N) is 1. The second-order valence-corrected chi connectivity index (χ2v) is 3.52. The second kappa shape index (κ2) is 6.37. The van der Waals surface area contributed by atoms with Crippen LogP contribution < -0.4 is 16.0 Å². The average Bonchev–Trinajstić information content (AvgIpc) is 2.29. The molecule has 0 unspecified atom stereocenters. The molecule has 3 N–H and O–H groups in total. The Labute approximate surface area is 101 Å². The van der Waals surface area contributed by atoms with E-state index in [1.165, 1.54) is 0 Å². The Kier molecular flexibility index (Phi) is 4.81. The predicted molar refractivity (Wildman–Crippen MR) is 72.3 cm³/mol. The highest BCUT2D eigenvalue weighted by Gasteiger charge is 2.03. The van der Waals surface area contributed by atoms with Gasteiger partial charge in [-0.25, -0.2) is 4.79 Å². The number of nitrogens with zero attached hydrogens (tertiary/aromatic N) is 1. The first-order chi connectivity index (χ1) is 8.17. The number of hydrogen-bond donors (Lipinski definition) is 2. The van der Waals surface area contributed by atoms with E-state index in [1.807, 2.05) is 24.3 Å². The molecule has 0 saturated heterocycles. The van der Waals surface area contributed by atoms with Gasteiger partial charge in [0.1, 0.15) is 0 Å². The largest absolute Gasteiger partial charge is 0.364 e. The molecule has 0 aliphatic rings. The van der Waals surface area contributed by atoms with E-state index < -0.39 is 6.03 Å². The standard InChI is InChI=1S/C13H17N3O/c1-3-9-16(10-4-2)12-7-5-11(6-8-12)15-13(14)17/h3-8H,1-2,9-10H2,(H3,14,15,17). The minimum atomic E-state index is -0.563. The molecule has 1 rings (SSSR count). The maximum Gasteiger partial charge on any atom is 0.316 e. The van der Waals surface area contributed by atoms with Crippen molar-refractivity contribution in [3.05, 3.63) is 49.6 Å². The van der Waals surface area contributed by atoms with Crippen LogP contribution in [-0.2, 0) is 0 Å². The topological polar surface area (TPSA) is 58.4 Å². The highest BCUT2D eigenvalue weighted by atomic mass is 16.2. The summed E-state index contributed by atoms with van der Waals surface area (Å²) in [6, 6.07) is 6.88. The van der Waals surface area contributed by atoms with E-state index in [0.717, 1.165) is 18.8 Å². The van der Waals surface area contributed by atoms with Crippen LogP contribution in [0.5, 0.6) is 0 Å². The smallest absolute Gasteiger partial charge is 0.316 e. The molecule has 17 heavy (non-hydrogen) atoms. The third-order valence-electron chi connectivity index (χ3n) is 2.20. The van der Waals surface area contributed by atoms with E-state index in [0.29, 0.717) is 5.69 Å². The Balaban J connectivity index is 2.79. The first-order valence-electron chi connectivity index (χ1n) is 5.30. The fraction of sp³-hybridized carbons (Fsp3) is 0.154. The van der Waals surface area contributed by atoms with Crippen molar-refractivity contribution in [3.63, 3.8) is 0 Å². The molecule has 0 aliphatic heterocycles. The van der Waals surface area contributed by atoms with Crippen LogP contribution in [0, 0.1) is 0 Å². The summed E-state index contributed by atoms with van der Waals surface area (Å²) >= 11 is 0. The molecule has 0 bridgehead atoms. The van der Waals surface area contributed by atoms with Crippen LogP contribution in [0.1, 0.15) is 0 Å². The number of amides is 2. The fourth-order valence-electron chi connectivity index (χ4n) is 1.49. The van der Waals surface area contributed by atoms with Gasteiger partial charge in [0.15, 0.2) is 0 Å². The summed E-state index contributed by atoms with van der Waals surface area (Å²) in [6.45, 7) is 8.92. The maximum atomic E-state index is 10.7. The summed E-state index contributed by atoms with van der Waals surface area (Å²) in [4.78, 5) is 12.8. The zero-order valence-corrected chi connectivity index (χ0v) is 9.73. The van der Waals surface area contributed by atoms with Crippen LogP contribution >= 0.6 is 0 Å². The van der Waals surface area contributed by atoms with Crippen molar-refractivity contribution >= 4 is 17.4 Å². The Morgan fingerprint density at radius 2 is 1.76 bits per heavy atom. The Hall–Kier alpha value is -2.23. The van der Waals surface area contributed by atoms with E-state index in [2.05, 4.69) is 23.4 Å². The molecule has 0 atom stereocenters. The van der Waals surface area contributed by atoms with Gasteiger partial charge < -0.3 is 16.0 Å². The molecule has 0 fully saturated rings. The lowest BCUT2D eigenvalue weighted by Gasteiger charge is -2.21. The van der Waals surface area contributed by atoms with Crippen molar-refractivity contribution in [2.75, 3.05) is 23.3 Å². The number of primary amides is 1. The molecule has 2 amide bonds. The van der Waals surface area contributed by atoms with Gasteiger partial charge in [-0.3, -0.25) is 0 Å². The summed E-state index contributed by atoms with van der Waals surface area (Å²) < 4.78 is 0. The molecular weight excluding hydrogens is 214 g/mol. The molecule has 90 valence electrons. The predicted octanol–water partition coefficient (Wildman–Crippen LogP) is 2.36. The van der Waals surface area contributed by atoms with E-state index in [-0.39, 0.29) is 0 Å². The maximum absolute atomic E-state index is 10.7. The third kappa shape index (κ3) is 4.03. The van der Waals surface area contributed by atoms with Crippen molar-refractivity contribution in [2.24, 2.45) is 5.73 Å². The van der Waals surface area contributed by atoms with Crippen molar-refractivity contribution < 1.29 is 4.79 Å². The minimum Gasteiger partial charge on any atom is -0.364 e. The van der Waals surface area contributed by atoms with E-state index in [1.54, 1.807) is 12.1 Å². The molecule has 4 heteroatoms. The quantitative estimate of drug-likeness (QED) is 0.738. The molecule has 0 saturated carbocycles. The van der Waals surface area contributed by atoms with E-state index in [9.17, 15) is 4.79 Å². The normalized spacial score (nSPS) is 9.41. The van der Waals surface area contributed by atoms with Crippen molar-refractivity contribution in [1.82, 2.24) is 0 Å². The van der Waals surface area contributed by atoms with Gasteiger partial charge in [-0.05, 0) is 24.3 Å². The monoisotopic (exact) mass is 231 g/mol. The van der Waals surface area contributed by atoms with E-state index in [4.69, 9.17) is 5.73 Å². The molecule has 0 aromatic heterocycles. The van der Waals surface area contributed by atoms with Crippen LogP contribution in [0.4, 0.5) is 16.2 Å². The Morgan fingerprint density at radius 3 is 2.18 bits per heavy atom. The Bertz CT molecular complexity index is 388. The number of anilines is 2. The SMILES string of the molecule is C=CCN(CC=C)c1ccc(NC(N)=O)cc1. The van der Waals surface area contributed by atoms with Crippen molar-refractivity contribution in [1.29, 1.82) is 0 Å². The number of urea groups is 1. The van der Waals surface area contributed by atoms with Gasteiger partial charge in [-0.1, -0.05) is 12.2 Å². The molecule has 1 aromatic carbocycles. The van der Waals surface area contributed by atoms with Crippen LogP contribution in [0.2, 0.25) is 0 Å². The summed E-state index contributed by atoms with van der Waals surface area (Å²) in [5, 5.41) is 2.51. The number of hydrogen-bond acceptors (Lipinski definition) is 2. The minimum absolute atomic E-state index is 0.563. The van der Waals surface area contributed by atoms with Gasteiger partial charge >= 0.3 is 6.03 Å². The lowest BCUT2D eigenvalue weighted by molar-refractivity contribution is 0.259. The summed E-state index contributed by atoms with van der Waals surface area (Å²) in [6.07, 6.45) is 3.66. The number of benzene rings is 1.